The second kappa shape index (κ2) is 14.2. The largest absolute Gasteiger partial charge is 0.635 e. The quantitative estimate of drug-likeness (QED) is 0.364. The highest BCUT2D eigenvalue weighted by Gasteiger charge is 1.82. The Hall–Kier alpha value is -0.380. The summed E-state index contributed by atoms with van der Waals surface area (Å²) in [6.45, 7) is 7.92. The van der Waals surface area contributed by atoms with Crippen molar-refractivity contribution < 1.29 is 5.06 Å². The minimum atomic E-state index is 0.167. The van der Waals surface area contributed by atoms with Crippen molar-refractivity contribution in [3.05, 3.63) is 17.9 Å². The van der Waals surface area contributed by atoms with Gasteiger partial charge in [-0.25, -0.2) is 0 Å². The van der Waals surface area contributed by atoms with Gasteiger partial charge in [0.25, 0.3) is 0 Å². The van der Waals surface area contributed by atoms with E-state index in [1.807, 2.05) is 6.08 Å². The third-order valence-corrected chi connectivity index (χ3v) is 1.25. The molecule has 0 aromatic rings. The summed E-state index contributed by atoms with van der Waals surface area (Å²) in [4.78, 5) is 0. The molecule has 3 heteroatoms. The predicted molar refractivity (Wildman–Crippen MR) is 58.8 cm³/mol. The van der Waals surface area contributed by atoms with Crippen molar-refractivity contribution in [2.75, 3.05) is 27.2 Å². The molecule has 13 heavy (non-hydrogen) atoms. The third kappa shape index (κ3) is 34.0. The van der Waals surface area contributed by atoms with Crippen LogP contribution in [0.2, 0.25) is 0 Å². The minimum absolute atomic E-state index is 0.167. The summed E-state index contributed by atoms with van der Waals surface area (Å²) in [6.07, 6.45) is 5.83. The molecule has 0 unspecified atom stereocenters. The van der Waals surface area contributed by atoms with Crippen molar-refractivity contribution in [3.63, 3.8) is 0 Å². The van der Waals surface area contributed by atoms with Gasteiger partial charge in [-0.05, 0) is 13.0 Å². The van der Waals surface area contributed by atoms with Crippen LogP contribution in [0.4, 0.5) is 0 Å². The van der Waals surface area contributed by atoms with Crippen LogP contribution in [0.3, 0.4) is 0 Å². The lowest BCUT2D eigenvalue weighted by atomic mass is 10.2. The molecule has 0 aliphatic carbocycles. The van der Waals surface area contributed by atoms with E-state index in [1.54, 1.807) is 0 Å². The van der Waals surface area contributed by atoms with Crippen LogP contribution < -0.4 is 10.4 Å². The molecule has 2 N–H and O–H groups in total. The number of unbranched alkanes of at least 4 members (excludes halogenated alkanes) is 2. The molecule has 0 atom stereocenters. The SMILES string of the molecule is C=CCNCCCCC.C[NH+](C)[O-]. The van der Waals surface area contributed by atoms with E-state index in [2.05, 4.69) is 18.8 Å². The van der Waals surface area contributed by atoms with Crippen LogP contribution in [0, 0.1) is 5.21 Å². The number of rotatable bonds is 6. The van der Waals surface area contributed by atoms with E-state index in [-0.39, 0.29) is 5.06 Å². The van der Waals surface area contributed by atoms with Crippen molar-refractivity contribution >= 4 is 0 Å². The molecule has 0 fully saturated rings. The summed E-state index contributed by atoms with van der Waals surface area (Å²) in [7, 11) is 3.06. The van der Waals surface area contributed by atoms with Crippen LogP contribution in [0.1, 0.15) is 26.2 Å². The second-order valence-corrected chi connectivity index (χ2v) is 3.11. The Bertz CT molecular complexity index is 92.2. The number of nitrogens with one attached hydrogen (secondary N) is 2. The molecule has 0 saturated carbocycles. The van der Waals surface area contributed by atoms with Gasteiger partial charge >= 0.3 is 0 Å². The van der Waals surface area contributed by atoms with E-state index in [4.69, 9.17) is 0 Å². The zero-order chi connectivity index (χ0) is 10.5. The number of hydrogen-bond acceptors (Lipinski definition) is 2. The molecular formula is C10H24N2O. The second-order valence-electron chi connectivity index (χ2n) is 3.11. The molecule has 80 valence electrons. The molecule has 0 rings (SSSR count). The van der Waals surface area contributed by atoms with Crippen LogP contribution in [0.15, 0.2) is 12.7 Å². The van der Waals surface area contributed by atoms with Crippen LogP contribution in [-0.2, 0) is 0 Å². The molecule has 0 aromatic heterocycles. The predicted octanol–water partition coefficient (Wildman–Crippen LogP) is 0.581. The van der Waals surface area contributed by atoms with Crippen molar-refractivity contribution in [2.45, 2.75) is 26.2 Å². The van der Waals surface area contributed by atoms with Crippen molar-refractivity contribution in [2.24, 2.45) is 0 Å². The van der Waals surface area contributed by atoms with Crippen LogP contribution in [0.5, 0.6) is 0 Å². The zero-order valence-corrected chi connectivity index (χ0v) is 9.23. The average Bonchev–Trinajstić information content (AvgIpc) is 2.03. The maximum absolute atomic E-state index is 9.44. The van der Waals surface area contributed by atoms with Crippen LogP contribution in [0.25, 0.3) is 0 Å². The van der Waals surface area contributed by atoms with Gasteiger partial charge < -0.3 is 15.6 Å². The first kappa shape index (κ1) is 15.1. The molecular weight excluding hydrogens is 164 g/mol. The Morgan fingerprint density at radius 1 is 1.38 bits per heavy atom. The summed E-state index contributed by atoms with van der Waals surface area (Å²) in [5.74, 6) is 0. The third-order valence-electron chi connectivity index (χ3n) is 1.25. The maximum Gasteiger partial charge on any atom is 0.0660 e. The fourth-order valence-electron chi connectivity index (χ4n) is 0.704. The van der Waals surface area contributed by atoms with Crippen molar-refractivity contribution in [1.29, 1.82) is 0 Å². The Morgan fingerprint density at radius 3 is 2.31 bits per heavy atom. The minimum Gasteiger partial charge on any atom is -0.635 e. The van der Waals surface area contributed by atoms with Gasteiger partial charge in [0.15, 0.2) is 0 Å². The maximum atomic E-state index is 9.44. The molecule has 0 radical (unpaired) electrons. The van der Waals surface area contributed by atoms with Gasteiger partial charge in [-0.2, -0.15) is 0 Å². The van der Waals surface area contributed by atoms with Crippen LogP contribution in [-0.4, -0.2) is 27.2 Å². The normalized spacial score (nSPS) is 9.31. The lowest BCUT2D eigenvalue weighted by molar-refractivity contribution is -0.802. The molecule has 0 bridgehead atoms. The monoisotopic (exact) mass is 188 g/mol. The van der Waals surface area contributed by atoms with E-state index in [0.29, 0.717) is 0 Å². The van der Waals surface area contributed by atoms with Gasteiger partial charge in [-0.3, -0.25) is 0 Å². The first-order chi connectivity index (χ1) is 6.15. The van der Waals surface area contributed by atoms with Crippen LogP contribution >= 0.6 is 0 Å². The van der Waals surface area contributed by atoms with Crippen molar-refractivity contribution in [3.8, 4) is 0 Å². The lowest BCUT2D eigenvalue weighted by Crippen LogP contribution is -3.00. The first-order valence-corrected chi connectivity index (χ1v) is 4.93. The summed E-state index contributed by atoms with van der Waals surface area (Å²) < 4.78 is 0. The molecule has 0 aliphatic rings. The van der Waals surface area contributed by atoms with Gasteiger partial charge in [-0.1, -0.05) is 25.8 Å². The summed E-state index contributed by atoms with van der Waals surface area (Å²) in [5, 5.41) is 12.9. The van der Waals surface area contributed by atoms with Gasteiger partial charge in [0.1, 0.15) is 0 Å². The molecule has 0 spiro atoms. The molecule has 0 aliphatic heterocycles. The Balaban J connectivity index is 0. The van der Waals surface area contributed by atoms with E-state index >= 15 is 0 Å². The fraction of sp³-hybridized carbons (Fsp3) is 0.800. The number of quaternary nitrogens is 1. The van der Waals surface area contributed by atoms with E-state index in [9.17, 15) is 5.21 Å². The van der Waals surface area contributed by atoms with Gasteiger partial charge in [0, 0.05) is 6.54 Å². The molecule has 0 aromatic carbocycles. The Kier molecular flexibility index (Phi) is 16.5. The molecule has 0 saturated heterocycles. The highest BCUT2D eigenvalue weighted by molar-refractivity contribution is 4.68. The number of hydrogen-bond donors (Lipinski definition) is 2. The van der Waals surface area contributed by atoms with E-state index in [1.165, 1.54) is 33.4 Å². The summed E-state index contributed by atoms with van der Waals surface area (Å²) >= 11 is 0. The Morgan fingerprint density at radius 2 is 1.92 bits per heavy atom. The first-order valence-electron chi connectivity index (χ1n) is 4.93. The molecule has 0 heterocycles. The summed E-state index contributed by atoms with van der Waals surface area (Å²) in [6, 6.07) is 0. The van der Waals surface area contributed by atoms with Gasteiger partial charge in [-0.15, -0.1) is 6.58 Å². The standard InChI is InChI=1S/C8H17N.C2H7NO/c1-3-5-6-8-9-7-4-2;1-3(2)4/h4,9H,2-3,5-8H2,1H3;3H,1-2H3. The fourth-order valence-corrected chi connectivity index (χ4v) is 0.704. The highest BCUT2D eigenvalue weighted by Crippen LogP contribution is 1.90. The van der Waals surface area contributed by atoms with Gasteiger partial charge in [0.2, 0.25) is 0 Å². The molecule has 0 amide bonds. The average molecular weight is 188 g/mol. The van der Waals surface area contributed by atoms with Crippen molar-refractivity contribution in [1.82, 2.24) is 5.32 Å². The molecule has 3 nitrogen and oxygen atoms in total. The van der Waals surface area contributed by atoms with E-state index < -0.39 is 0 Å². The number of hydroxylamine groups is 2. The lowest BCUT2D eigenvalue weighted by Gasteiger charge is -2.04. The highest BCUT2D eigenvalue weighted by atomic mass is 16.5. The topological polar surface area (TPSA) is 39.5 Å². The Labute approximate surface area is 82.4 Å². The summed E-state index contributed by atoms with van der Waals surface area (Å²) in [5.41, 5.74) is 0. The van der Waals surface area contributed by atoms with Gasteiger partial charge in [0.05, 0.1) is 14.1 Å². The smallest absolute Gasteiger partial charge is 0.0660 e. The van der Waals surface area contributed by atoms with E-state index in [0.717, 1.165) is 13.1 Å². The zero-order valence-electron chi connectivity index (χ0n) is 9.23.